The Morgan fingerprint density at radius 2 is 2.17 bits per heavy atom. The molecular formula is C17H21N3O3S. The van der Waals surface area contributed by atoms with Crippen molar-refractivity contribution in [3.63, 3.8) is 0 Å². The Morgan fingerprint density at radius 3 is 2.88 bits per heavy atom. The predicted octanol–water partition coefficient (Wildman–Crippen LogP) is 1.73. The molecule has 0 bridgehead atoms. The molecule has 1 fully saturated rings. The maximum atomic E-state index is 12.9. The topological polar surface area (TPSA) is 72.3 Å². The van der Waals surface area contributed by atoms with Gasteiger partial charge in [0.2, 0.25) is 0 Å². The lowest BCUT2D eigenvalue weighted by molar-refractivity contribution is 0.0721. The average Bonchev–Trinajstić information content (AvgIpc) is 3.17. The molecule has 1 atom stereocenters. The van der Waals surface area contributed by atoms with Crippen LogP contribution in [0.1, 0.15) is 28.8 Å². The van der Waals surface area contributed by atoms with Crippen LogP contribution in [0.5, 0.6) is 0 Å². The van der Waals surface area contributed by atoms with Gasteiger partial charge in [-0.2, -0.15) is 5.10 Å². The standard InChI is InChI=1S/C17H21N3O3S/c1-24(22,23)13-14-5-2-6-15(11-14)17(21)20-10-3-7-16(20)12-19-9-4-8-18-19/h2,4-6,8-9,11,16H,3,7,10,12-13H2,1H3. The molecule has 2 heterocycles. The normalized spacial score (nSPS) is 18.0. The van der Waals surface area contributed by atoms with E-state index >= 15 is 0 Å². The summed E-state index contributed by atoms with van der Waals surface area (Å²) in [5, 5.41) is 4.21. The van der Waals surface area contributed by atoms with Crippen LogP contribution in [0.3, 0.4) is 0 Å². The van der Waals surface area contributed by atoms with Gasteiger partial charge in [-0.1, -0.05) is 12.1 Å². The molecular weight excluding hydrogens is 326 g/mol. The third-order valence-electron chi connectivity index (χ3n) is 4.20. The SMILES string of the molecule is CS(=O)(=O)Cc1cccc(C(=O)N2CCCC2Cn2cccn2)c1. The van der Waals surface area contributed by atoms with Gasteiger partial charge in [-0.15, -0.1) is 0 Å². The molecule has 1 amide bonds. The fourth-order valence-electron chi connectivity index (χ4n) is 3.18. The molecule has 0 spiro atoms. The molecule has 1 unspecified atom stereocenters. The highest BCUT2D eigenvalue weighted by atomic mass is 32.2. The van der Waals surface area contributed by atoms with Crippen LogP contribution >= 0.6 is 0 Å². The summed E-state index contributed by atoms with van der Waals surface area (Å²) in [4.78, 5) is 14.7. The summed E-state index contributed by atoms with van der Waals surface area (Å²) in [6, 6.07) is 8.91. The van der Waals surface area contributed by atoms with E-state index in [-0.39, 0.29) is 17.7 Å². The van der Waals surface area contributed by atoms with Crippen molar-refractivity contribution in [1.82, 2.24) is 14.7 Å². The number of benzene rings is 1. The molecule has 2 aromatic rings. The van der Waals surface area contributed by atoms with E-state index in [2.05, 4.69) is 5.10 Å². The first-order chi connectivity index (χ1) is 11.4. The zero-order valence-electron chi connectivity index (χ0n) is 13.6. The van der Waals surface area contributed by atoms with Crippen LogP contribution in [0.2, 0.25) is 0 Å². The number of aromatic nitrogens is 2. The molecule has 0 radical (unpaired) electrons. The van der Waals surface area contributed by atoms with Crippen LogP contribution in [0.15, 0.2) is 42.7 Å². The summed E-state index contributed by atoms with van der Waals surface area (Å²) in [6.07, 6.45) is 6.75. The number of nitrogens with zero attached hydrogens (tertiary/aromatic N) is 3. The van der Waals surface area contributed by atoms with Gasteiger partial charge in [0.05, 0.1) is 18.3 Å². The Morgan fingerprint density at radius 1 is 1.33 bits per heavy atom. The van der Waals surface area contributed by atoms with E-state index in [0.29, 0.717) is 17.7 Å². The quantitative estimate of drug-likeness (QED) is 0.826. The smallest absolute Gasteiger partial charge is 0.254 e. The van der Waals surface area contributed by atoms with Crippen LogP contribution in [0.25, 0.3) is 0 Å². The van der Waals surface area contributed by atoms with Gasteiger partial charge in [0.15, 0.2) is 9.84 Å². The Balaban J connectivity index is 1.76. The van der Waals surface area contributed by atoms with Crippen LogP contribution in [0, 0.1) is 0 Å². The first-order valence-electron chi connectivity index (χ1n) is 7.97. The van der Waals surface area contributed by atoms with Crippen molar-refractivity contribution in [2.75, 3.05) is 12.8 Å². The minimum atomic E-state index is -3.12. The molecule has 3 rings (SSSR count). The first kappa shape index (κ1) is 16.7. The van der Waals surface area contributed by atoms with Crippen molar-refractivity contribution < 1.29 is 13.2 Å². The molecule has 1 aliphatic heterocycles. The summed E-state index contributed by atoms with van der Waals surface area (Å²) in [6.45, 7) is 1.41. The van der Waals surface area contributed by atoms with Gasteiger partial charge < -0.3 is 4.90 Å². The van der Waals surface area contributed by atoms with E-state index in [1.807, 2.05) is 21.8 Å². The molecule has 7 heteroatoms. The van der Waals surface area contributed by atoms with Gasteiger partial charge in [0, 0.05) is 30.8 Å². The number of hydrogen-bond acceptors (Lipinski definition) is 4. The highest BCUT2D eigenvalue weighted by Gasteiger charge is 2.29. The van der Waals surface area contributed by atoms with E-state index in [1.165, 1.54) is 6.26 Å². The van der Waals surface area contributed by atoms with Gasteiger partial charge in [-0.25, -0.2) is 8.42 Å². The van der Waals surface area contributed by atoms with Crippen molar-refractivity contribution in [3.8, 4) is 0 Å². The van der Waals surface area contributed by atoms with E-state index in [1.54, 1.807) is 30.5 Å². The second kappa shape index (κ2) is 6.76. The molecule has 0 aliphatic carbocycles. The Hall–Kier alpha value is -2.15. The zero-order chi connectivity index (χ0) is 17.2. The van der Waals surface area contributed by atoms with Crippen LogP contribution in [0.4, 0.5) is 0 Å². The largest absolute Gasteiger partial charge is 0.334 e. The highest BCUT2D eigenvalue weighted by Crippen LogP contribution is 2.22. The van der Waals surface area contributed by atoms with Crippen molar-refractivity contribution in [2.45, 2.75) is 31.2 Å². The predicted molar refractivity (Wildman–Crippen MR) is 91.3 cm³/mol. The van der Waals surface area contributed by atoms with E-state index in [4.69, 9.17) is 0 Å². The van der Waals surface area contributed by atoms with E-state index in [0.717, 1.165) is 19.4 Å². The molecule has 1 aromatic heterocycles. The Bertz CT molecular complexity index is 815. The maximum Gasteiger partial charge on any atom is 0.254 e. The molecule has 1 aliphatic rings. The fraction of sp³-hybridized carbons (Fsp3) is 0.412. The summed E-state index contributed by atoms with van der Waals surface area (Å²) < 4.78 is 24.8. The molecule has 6 nitrogen and oxygen atoms in total. The molecule has 0 N–H and O–H groups in total. The third-order valence-corrected chi connectivity index (χ3v) is 5.06. The molecule has 1 saturated heterocycles. The van der Waals surface area contributed by atoms with Crippen LogP contribution < -0.4 is 0 Å². The minimum Gasteiger partial charge on any atom is -0.334 e. The second-order valence-corrected chi connectivity index (χ2v) is 8.43. The summed E-state index contributed by atoms with van der Waals surface area (Å²) in [7, 11) is -3.12. The van der Waals surface area contributed by atoms with E-state index in [9.17, 15) is 13.2 Å². The van der Waals surface area contributed by atoms with Gasteiger partial charge >= 0.3 is 0 Å². The summed E-state index contributed by atoms with van der Waals surface area (Å²) >= 11 is 0. The summed E-state index contributed by atoms with van der Waals surface area (Å²) in [5.41, 5.74) is 1.19. The van der Waals surface area contributed by atoms with Crippen LogP contribution in [-0.2, 0) is 22.1 Å². The Labute approximate surface area is 142 Å². The lowest BCUT2D eigenvalue weighted by Crippen LogP contribution is -2.38. The number of carbonyl (C=O) groups excluding carboxylic acids is 1. The van der Waals surface area contributed by atoms with Gasteiger partial charge in [-0.3, -0.25) is 9.48 Å². The first-order valence-corrected chi connectivity index (χ1v) is 10.0. The lowest BCUT2D eigenvalue weighted by atomic mass is 10.1. The zero-order valence-corrected chi connectivity index (χ0v) is 14.4. The number of sulfone groups is 1. The van der Waals surface area contributed by atoms with E-state index < -0.39 is 9.84 Å². The summed E-state index contributed by atoms with van der Waals surface area (Å²) in [5.74, 6) is -0.0924. The lowest BCUT2D eigenvalue weighted by Gasteiger charge is -2.25. The van der Waals surface area contributed by atoms with Crippen molar-refractivity contribution >= 4 is 15.7 Å². The average molecular weight is 347 g/mol. The van der Waals surface area contributed by atoms with Gasteiger partial charge in [-0.05, 0) is 36.6 Å². The minimum absolute atomic E-state index is 0.0417. The maximum absolute atomic E-state index is 12.9. The highest BCUT2D eigenvalue weighted by molar-refractivity contribution is 7.89. The number of carbonyl (C=O) groups is 1. The van der Waals surface area contributed by atoms with Crippen molar-refractivity contribution in [1.29, 1.82) is 0 Å². The fourth-order valence-corrected chi connectivity index (χ4v) is 3.97. The number of likely N-dealkylation sites (tertiary alicyclic amines) is 1. The van der Waals surface area contributed by atoms with Crippen molar-refractivity contribution in [2.24, 2.45) is 0 Å². The van der Waals surface area contributed by atoms with Crippen molar-refractivity contribution in [3.05, 3.63) is 53.9 Å². The number of rotatable bonds is 5. The van der Waals surface area contributed by atoms with Gasteiger partial charge in [0.1, 0.15) is 0 Å². The van der Waals surface area contributed by atoms with Gasteiger partial charge in [0.25, 0.3) is 5.91 Å². The number of amides is 1. The number of hydrogen-bond donors (Lipinski definition) is 0. The van der Waals surface area contributed by atoms with Crippen LogP contribution in [-0.4, -0.2) is 47.8 Å². The molecule has 24 heavy (non-hydrogen) atoms. The monoisotopic (exact) mass is 347 g/mol. The molecule has 1 aromatic carbocycles. The second-order valence-electron chi connectivity index (χ2n) is 6.29. The third kappa shape index (κ3) is 4.03. The molecule has 0 saturated carbocycles. The Kier molecular flexibility index (Phi) is 4.71. The molecule has 128 valence electrons.